The summed E-state index contributed by atoms with van der Waals surface area (Å²) in [7, 11) is 0. The Morgan fingerprint density at radius 1 is 0.967 bits per heavy atom. The molecule has 0 aliphatic rings. The highest BCUT2D eigenvalue weighted by molar-refractivity contribution is 5.96. The maximum Gasteiger partial charge on any atom is 0.325 e. The smallest absolute Gasteiger partial charge is 0.325 e. The van der Waals surface area contributed by atoms with Crippen LogP contribution >= 0.6 is 0 Å². The van der Waals surface area contributed by atoms with Gasteiger partial charge in [-0.1, -0.05) is 36.4 Å². The van der Waals surface area contributed by atoms with Crippen LogP contribution in [0.2, 0.25) is 0 Å². The molecule has 0 bridgehead atoms. The molecule has 2 rings (SSSR count). The van der Waals surface area contributed by atoms with E-state index in [1.165, 1.54) is 0 Å². The van der Waals surface area contributed by atoms with Crippen LogP contribution in [0.5, 0.6) is 0 Å². The molecule has 2 amide bonds. The summed E-state index contributed by atoms with van der Waals surface area (Å²) in [6, 6.07) is 15.0. The van der Waals surface area contributed by atoms with Gasteiger partial charge in [0.2, 0.25) is 0 Å². The minimum Gasteiger partial charge on any atom is -0.454 e. The number of esters is 1. The number of amides is 2. The number of nitrogens with zero attached hydrogens (tertiary/aromatic N) is 1. The minimum absolute atomic E-state index is 0.291. The monoisotopic (exact) mass is 410 g/mol. The summed E-state index contributed by atoms with van der Waals surface area (Å²) in [5.41, 5.74) is 3.12. The Labute approximate surface area is 178 Å². The van der Waals surface area contributed by atoms with Gasteiger partial charge in [0.05, 0.1) is 0 Å². The maximum absolute atomic E-state index is 12.7. The summed E-state index contributed by atoms with van der Waals surface area (Å²) in [4.78, 5) is 38.6. The number of carbonyl (C=O) groups excluding carboxylic acids is 3. The lowest BCUT2D eigenvalue weighted by molar-refractivity contribution is -0.153. The minimum atomic E-state index is -0.658. The molecule has 160 valence electrons. The zero-order chi connectivity index (χ0) is 22.3. The van der Waals surface area contributed by atoms with Gasteiger partial charge in [-0.2, -0.15) is 0 Å². The van der Waals surface area contributed by atoms with Gasteiger partial charge in [-0.05, 0) is 63.4 Å². The highest BCUT2D eigenvalue weighted by Gasteiger charge is 2.27. The third kappa shape index (κ3) is 6.72. The van der Waals surface area contributed by atoms with Crippen LogP contribution in [0.1, 0.15) is 47.8 Å². The van der Waals surface area contributed by atoms with Crippen LogP contribution in [-0.4, -0.2) is 41.4 Å². The first-order chi connectivity index (χ1) is 14.1. The first-order valence-corrected chi connectivity index (χ1v) is 9.93. The molecular weight excluding hydrogens is 380 g/mol. The summed E-state index contributed by atoms with van der Waals surface area (Å²) < 4.78 is 5.10. The van der Waals surface area contributed by atoms with Gasteiger partial charge in [0.15, 0.2) is 6.61 Å². The topological polar surface area (TPSA) is 75.7 Å². The fraction of sp³-hybridized carbons (Fsp3) is 0.375. The molecule has 30 heavy (non-hydrogen) atoms. The third-order valence-electron chi connectivity index (χ3n) is 4.81. The standard InChI is InChI=1S/C24H30N2O4/c1-17-11-12-20(13-18(17)2)23(29)25-14-22(28)30-16-21(27)26(24(3,4)5)15-19-9-7-6-8-10-19/h6-13H,14-16H2,1-5H3,(H,25,29). The summed E-state index contributed by atoms with van der Waals surface area (Å²) in [5.74, 6) is -1.31. The van der Waals surface area contributed by atoms with Crippen LogP contribution in [0, 0.1) is 13.8 Å². The van der Waals surface area contributed by atoms with Crippen LogP contribution < -0.4 is 5.32 Å². The van der Waals surface area contributed by atoms with Gasteiger partial charge < -0.3 is 15.0 Å². The van der Waals surface area contributed by atoms with Gasteiger partial charge in [-0.15, -0.1) is 0 Å². The molecule has 0 aliphatic carbocycles. The molecule has 0 aromatic heterocycles. The average Bonchev–Trinajstić information content (AvgIpc) is 2.70. The number of benzene rings is 2. The third-order valence-corrected chi connectivity index (χ3v) is 4.81. The number of rotatable bonds is 7. The highest BCUT2D eigenvalue weighted by Crippen LogP contribution is 2.18. The number of carbonyl (C=O) groups is 3. The second-order valence-corrected chi connectivity index (χ2v) is 8.28. The molecule has 2 aromatic rings. The summed E-state index contributed by atoms with van der Waals surface area (Å²) in [6.45, 7) is 9.42. The van der Waals surface area contributed by atoms with Crippen molar-refractivity contribution in [3.8, 4) is 0 Å². The lowest BCUT2D eigenvalue weighted by atomic mass is 10.0. The number of aryl methyl sites for hydroxylation is 2. The molecular formula is C24H30N2O4. The number of hydrogen-bond acceptors (Lipinski definition) is 4. The van der Waals surface area contributed by atoms with Crippen LogP contribution in [0.4, 0.5) is 0 Å². The van der Waals surface area contributed by atoms with Gasteiger partial charge in [-0.25, -0.2) is 0 Å². The number of nitrogens with one attached hydrogen (secondary N) is 1. The second-order valence-electron chi connectivity index (χ2n) is 8.28. The molecule has 0 fully saturated rings. The van der Waals surface area contributed by atoms with Crippen LogP contribution in [0.25, 0.3) is 0 Å². The van der Waals surface area contributed by atoms with Crippen molar-refractivity contribution in [1.29, 1.82) is 0 Å². The molecule has 6 nitrogen and oxygen atoms in total. The van der Waals surface area contributed by atoms with Crippen molar-refractivity contribution in [3.63, 3.8) is 0 Å². The SMILES string of the molecule is Cc1ccc(C(=O)NCC(=O)OCC(=O)N(Cc2ccccc2)C(C)(C)C)cc1C. The van der Waals surface area contributed by atoms with E-state index in [-0.39, 0.29) is 25.0 Å². The van der Waals surface area contributed by atoms with Crippen molar-refractivity contribution in [2.45, 2.75) is 46.7 Å². The Bertz CT molecular complexity index is 901. The molecule has 2 aromatic carbocycles. The van der Waals surface area contributed by atoms with E-state index in [0.717, 1.165) is 16.7 Å². The average molecular weight is 411 g/mol. The quantitative estimate of drug-likeness (QED) is 0.710. The van der Waals surface area contributed by atoms with Crippen molar-refractivity contribution in [1.82, 2.24) is 10.2 Å². The van der Waals surface area contributed by atoms with E-state index in [1.807, 2.05) is 71.0 Å². The predicted molar refractivity (Wildman–Crippen MR) is 116 cm³/mol. The Hall–Kier alpha value is -3.15. The van der Waals surface area contributed by atoms with E-state index in [4.69, 9.17) is 4.74 Å². The van der Waals surface area contributed by atoms with Gasteiger partial charge in [0.25, 0.3) is 11.8 Å². The summed E-state index contributed by atoms with van der Waals surface area (Å²) >= 11 is 0. The van der Waals surface area contributed by atoms with Gasteiger partial charge >= 0.3 is 5.97 Å². The first kappa shape index (κ1) is 23.1. The molecule has 0 aliphatic heterocycles. The molecule has 6 heteroatoms. The van der Waals surface area contributed by atoms with Crippen molar-refractivity contribution >= 4 is 17.8 Å². The molecule has 0 spiro atoms. The Morgan fingerprint density at radius 2 is 1.63 bits per heavy atom. The molecule has 0 heterocycles. The molecule has 0 unspecified atom stereocenters. The van der Waals surface area contributed by atoms with Crippen molar-refractivity contribution in [2.24, 2.45) is 0 Å². The van der Waals surface area contributed by atoms with E-state index in [0.29, 0.717) is 12.1 Å². The normalized spacial score (nSPS) is 11.0. The molecule has 1 N–H and O–H groups in total. The summed E-state index contributed by atoms with van der Waals surface area (Å²) in [5, 5.41) is 2.53. The van der Waals surface area contributed by atoms with E-state index >= 15 is 0 Å². The molecule has 0 radical (unpaired) electrons. The largest absolute Gasteiger partial charge is 0.454 e. The lowest BCUT2D eigenvalue weighted by Gasteiger charge is -2.35. The van der Waals surface area contributed by atoms with Crippen LogP contribution in [0.3, 0.4) is 0 Å². The second kappa shape index (κ2) is 10.1. The maximum atomic E-state index is 12.7. The highest BCUT2D eigenvalue weighted by atomic mass is 16.5. The number of ether oxygens (including phenoxy) is 1. The van der Waals surface area contributed by atoms with E-state index < -0.39 is 11.5 Å². The number of hydrogen-bond donors (Lipinski definition) is 1. The van der Waals surface area contributed by atoms with Crippen LogP contribution in [-0.2, 0) is 20.9 Å². The van der Waals surface area contributed by atoms with E-state index in [9.17, 15) is 14.4 Å². The van der Waals surface area contributed by atoms with Crippen molar-refractivity contribution in [3.05, 3.63) is 70.8 Å². The van der Waals surface area contributed by atoms with Gasteiger partial charge in [-0.3, -0.25) is 14.4 Å². The van der Waals surface area contributed by atoms with Gasteiger partial charge in [0, 0.05) is 17.6 Å². The lowest BCUT2D eigenvalue weighted by Crippen LogP contribution is -2.47. The molecule has 0 saturated carbocycles. The van der Waals surface area contributed by atoms with Gasteiger partial charge in [0.1, 0.15) is 6.54 Å². The van der Waals surface area contributed by atoms with Crippen molar-refractivity contribution in [2.75, 3.05) is 13.2 Å². The molecule has 0 atom stereocenters. The van der Waals surface area contributed by atoms with E-state index in [2.05, 4.69) is 5.32 Å². The zero-order valence-corrected chi connectivity index (χ0v) is 18.3. The fourth-order valence-electron chi connectivity index (χ4n) is 2.87. The van der Waals surface area contributed by atoms with Crippen molar-refractivity contribution < 1.29 is 19.1 Å². The first-order valence-electron chi connectivity index (χ1n) is 9.93. The summed E-state index contributed by atoms with van der Waals surface area (Å²) in [6.07, 6.45) is 0. The van der Waals surface area contributed by atoms with Crippen LogP contribution in [0.15, 0.2) is 48.5 Å². The Balaban J connectivity index is 1.87. The fourth-order valence-corrected chi connectivity index (χ4v) is 2.87. The van der Waals surface area contributed by atoms with E-state index in [1.54, 1.807) is 17.0 Å². The zero-order valence-electron chi connectivity index (χ0n) is 18.3. The predicted octanol–water partition coefficient (Wildman–Crippen LogP) is 3.40. The Morgan fingerprint density at radius 3 is 2.23 bits per heavy atom. The molecule has 0 saturated heterocycles. The Kier molecular flexibility index (Phi) is 7.75.